The molecule has 0 aliphatic carbocycles. The van der Waals surface area contributed by atoms with E-state index < -0.39 is 15.9 Å². The first-order valence-electron chi connectivity index (χ1n) is 8.76. The fraction of sp³-hybridized carbons (Fsp3) is 0.389. The molecule has 0 radical (unpaired) electrons. The zero-order valence-electron chi connectivity index (χ0n) is 15.7. The van der Waals surface area contributed by atoms with Gasteiger partial charge in [0.25, 0.3) is 11.5 Å². The molecule has 1 aliphatic heterocycles. The number of nitrogens with zero attached hydrogens (tertiary/aromatic N) is 3. The van der Waals surface area contributed by atoms with Crippen LogP contribution in [0.2, 0.25) is 0 Å². The standard InChI is InChI=1S/C18H22N4O5S/c1-21-17(23)6-5-16(20-21)18(24)19-8-10-28(25,26)22-9-7-13-11-15(27-2)4-3-14(13)12-22/h3-6,11H,7-10,12H2,1-2H3,(H,19,24). The van der Waals surface area contributed by atoms with Crippen LogP contribution in [-0.4, -0.2) is 54.4 Å². The number of ether oxygens (including phenoxy) is 1. The lowest BCUT2D eigenvalue weighted by Crippen LogP contribution is -2.40. The van der Waals surface area contributed by atoms with Crippen LogP contribution in [-0.2, 0) is 30.0 Å². The molecule has 1 aromatic carbocycles. The number of carbonyl (C=O) groups excluding carboxylic acids is 1. The van der Waals surface area contributed by atoms with Crippen LogP contribution >= 0.6 is 0 Å². The highest BCUT2D eigenvalue weighted by molar-refractivity contribution is 7.89. The predicted molar refractivity (Wildman–Crippen MR) is 103 cm³/mol. The summed E-state index contributed by atoms with van der Waals surface area (Å²) in [4.78, 5) is 23.4. The monoisotopic (exact) mass is 406 g/mol. The summed E-state index contributed by atoms with van der Waals surface area (Å²) in [6, 6.07) is 8.17. The van der Waals surface area contributed by atoms with Crippen LogP contribution in [0.4, 0.5) is 0 Å². The van der Waals surface area contributed by atoms with Gasteiger partial charge in [-0.25, -0.2) is 13.1 Å². The van der Waals surface area contributed by atoms with E-state index in [0.717, 1.165) is 21.6 Å². The van der Waals surface area contributed by atoms with Crippen molar-refractivity contribution in [2.75, 3.05) is 26.0 Å². The third-order valence-corrected chi connectivity index (χ3v) is 6.44. The molecule has 0 saturated carbocycles. The van der Waals surface area contributed by atoms with Crippen molar-refractivity contribution in [3.8, 4) is 5.75 Å². The maximum atomic E-state index is 12.6. The summed E-state index contributed by atoms with van der Waals surface area (Å²) in [6.07, 6.45) is 0.611. The molecule has 1 aromatic heterocycles. The van der Waals surface area contributed by atoms with Crippen LogP contribution in [0.15, 0.2) is 35.1 Å². The van der Waals surface area contributed by atoms with Gasteiger partial charge in [0.1, 0.15) is 11.4 Å². The minimum absolute atomic E-state index is 0.0440. The van der Waals surface area contributed by atoms with E-state index in [-0.39, 0.29) is 23.6 Å². The molecule has 0 fully saturated rings. The Morgan fingerprint density at radius 3 is 2.75 bits per heavy atom. The second-order valence-corrected chi connectivity index (χ2v) is 8.56. The number of nitrogens with one attached hydrogen (secondary N) is 1. The van der Waals surface area contributed by atoms with Gasteiger partial charge in [-0.2, -0.15) is 9.40 Å². The number of aryl methyl sites for hydroxylation is 1. The maximum Gasteiger partial charge on any atom is 0.271 e. The van der Waals surface area contributed by atoms with Gasteiger partial charge in [0.05, 0.1) is 12.9 Å². The van der Waals surface area contributed by atoms with Crippen LogP contribution in [0.5, 0.6) is 5.75 Å². The minimum atomic E-state index is -3.52. The smallest absolute Gasteiger partial charge is 0.271 e. The molecule has 1 aliphatic rings. The van der Waals surface area contributed by atoms with Crippen molar-refractivity contribution in [2.24, 2.45) is 7.05 Å². The summed E-state index contributed by atoms with van der Waals surface area (Å²) >= 11 is 0. The predicted octanol–water partition coefficient (Wildman–Crippen LogP) is -0.0932. The average Bonchev–Trinajstić information content (AvgIpc) is 2.68. The van der Waals surface area contributed by atoms with Gasteiger partial charge >= 0.3 is 0 Å². The summed E-state index contributed by atoms with van der Waals surface area (Å²) in [7, 11) is -0.487. The Hall–Kier alpha value is -2.72. The Morgan fingerprint density at radius 1 is 1.25 bits per heavy atom. The normalized spacial score (nSPS) is 14.4. The van der Waals surface area contributed by atoms with E-state index in [1.807, 2.05) is 18.2 Å². The van der Waals surface area contributed by atoms with Gasteiger partial charge in [-0.1, -0.05) is 6.07 Å². The highest BCUT2D eigenvalue weighted by Crippen LogP contribution is 2.25. The number of aromatic nitrogens is 2. The summed E-state index contributed by atoms with van der Waals surface area (Å²) < 4.78 is 32.9. The first kappa shape index (κ1) is 20.0. The number of amides is 1. The Morgan fingerprint density at radius 2 is 2.04 bits per heavy atom. The fourth-order valence-corrected chi connectivity index (χ4v) is 4.33. The van der Waals surface area contributed by atoms with Gasteiger partial charge < -0.3 is 10.1 Å². The zero-order chi connectivity index (χ0) is 20.3. The maximum absolute atomic E-state index is 12.6. The molecule has 0 saturated heterocycles. The van der Waals surface area contributed by atoms with Gasteiger partial charge in [-0.3, -0.25) is 9.59 Å². The lowest BCUT2D eigenvalue weighted by molar-refractivity contribution is 0.0948. The van der Waals surface area contributed by atoms with Crippen LogP contribution in [0.25, 0.3) is 0 Å². The molecular formula is C18H22N4O5S. The zero-order valence-corrected chi connectivity index (χ0v) is 16.5. The minimum Gasteiger partial charge on any atom is -0.497 e. The highest BCUT2D eigenvalue weighted by Gasteiger charge is 2.26. The van der Waals surface area contributed by atoms with Gasteiger partial charge in [0.15, 0.2) is 0 Å². The largest absolute Gasteiger partial charge is 0.497 e. The molecule has 28 heavy (non-hydrogen) atoms. The van der Waals surface area contributed by atoms with E-state index in [4.69, 9.17) is 4.74 Å². The number of benzene rings is 1. The van der Waals surface area contributed by atoms with E-state index in [1.54, 1.807) is 7.11 Å². The van der Waals surface area contributed by atoms with Crippen molar-refractivity contribution in [2.45, 2.75) is 13.0 Å². The fourth-order valence-electron chi connectivity index (χ4n) is 3.00. The summed E-state index contributed by atoms with van der Waals surface area (Å²) in [5, 5.41) is 6.37. The van der Waals surface area contributed by atoms with Crippen molar-refractivity contribution >= 4 is 15.9 Å². The van der Waals surface area contributed by atoms with E-state index in [1.165, 1.54) is 23.5 Å². The van der Waals surface area contributed by atoms with Crippen molar-refractivity contribution < 1.29 is 17.9 Å². The third kappa shape index (κ3) is 4.39. The average molecular weight is 406 g/mol. The number of hydrogen-bond donors (Lipinski definition) is 1. The van der Waals surface area contributed by atoms with E-state index in [0.29, 0.717) is 19.5 Å². The molecule has 0 bridgehead atoms. The van der Waals surface area contributed by atoms with Gasteiger partial charge in [0, 0.05) is 32.7 Å². The number of fused-ring (bicyclic) bond motifs is 1. The number of sulfonamides is 1. The van der Waals surface area contributed by atoms with E-state index >= 15 is 0 Å². The Balaban J connectivity index is 1.58. The molecule has 2 heterocycles. The molecule has 3 rings (SSSR count). The first-order chi connectivity index (χ1) is 13.3. The molecule has 1 N–H and O–H groups in total. The van der Waals surface area contributed by atoms with Gasteiger partial charge in [-0.05, 0) is 35.7 Å². The molecule has 10 heteroatoms. The molecule has 2 aromatic rings. The second-order valence-electron chi connectivity index (χ2n) is 6.47. The summed E-state index contributed by atoms with van der Waals surface area (Å²) in [5.74, 6) is 0.0161. The molecule has 0 atom stereocenters. The Bertz CT molecular complexity index is 1050. The van der Waals surface area contributed by atoms with E-state index in [2.05, 4.69) is 10.4 Å². The second kappa shape index (κ2) is 8.11. The van der Waals surface area contributed by atoms with Crippen molar-refractivity contribution in [3.05, 3.63) is 57.5 Å². The lowest BCUT2D eigenvalue weighted by atomic mass is 10.0. The topological polar surface area (TPSA) is 111 Å². The van der Waals surface area contributed by atoms with Crippen molar-refractivity contribution in [1.29, 1.82) is 0 Å². The molecule has 9 nitrogen and oxygen atoms in total. The molecule has 0 unspecified atom stereocenters. The molecular weight excluding hydrogens is 384 g/mol. The lowest BCUT2D eigenvalue weighted by Gasteiger charge is -2.28. The SMILES string of the molecule is COc1ccc2c(c1)CCN(S(=O)(=O)CCNC(=O)c1ccc(=O)n(C)n1)C2. The number of carbonyl (C=O) groups is 1. The molecule has 150 valence electrons. The molecule has 1 amide bonds. The first-order valence-corrected chi connectivity index (χ1v) is 10.4. The summed E-state index contributed by atoms with van der Waals surface area (Å²) in [5.41, 5.74) is 1.76. The van der Waals surface area contributed by atoms with Gasteiger partial charge in [-0.15, -0.1) is 0 Å². The Labute approximate surface area is 163 Å². The summed E-state index contributed by atoms with van der Waals surface area (Å²) in [6.45, 7) is 0.647. The Kier molecular flexibility index (Phi) is 5.80. The third-order valence-electron chi connectivity index (χ3n) is 4.62. The van der Waals surface area contributed by atoms with Crippen LogP contribution < -0.4 is 15.6 Å². The number of hydrogen-bond acceptors (Lipinski definition) is 6. The molecule has 0 spiro atoms. The number of rotatable bonds is 6. The van der Waals surface area contributed by atoms with E-state index in [9.17, 15) is 18.0 Å². The number of methoxy groups -OCH3 is 1. The van der Waals surface area contributed by atoms with Crippen LogP contribution in [0.3, 0.4) is 0 Å². The van der Waals surface area contributed by atoms with Crippen molar-refractivity contribution in [3.63, 3.8) is 0 Å². The van der Waals surface area contributed by atoms with Crippen molar-refractivity contribution in [1.82, 2.24) is 19.4 Å². The van der Waals surface area contributed by atoms with Crippen LogP contribution in [0.1, 0.15) is 21.6 Å². The quantitative estimate of drug-likeness (QED) is 0.718. The van der Waals surface area contributed by atoms with Gasteiger partial charge in [0.2, 0.25) is 10.0 Å². The highest BCUT2D eigenvalue weighted by atomic mass is 32.2. The van der Waals surface area contributed by atoms with Crippen LogP contribution in [0, 0.1) is 0 Å².